The first-order chi connectivity index (χ1) is 26.8. The molecule has 0 radical (unpaired) electrons. The van der Waals surface area contributed by atoms with Crippen LogP contribution in [0.15, 0.2) is 89.8 Å². The van der Waals surface area contributed by atoms with E-state index in [1.54, 1.807) is 28.4 Å². The van der Waals surface area contributed by atoms with Crippen LogP contribution < -0.4 is 33.1 Å². The predicted octanol–water partition coefficient (Wildman–Crippen LogP) is 8.30. The van der Waals surface area contributed by atoms with Crippen molar-refractivity contribution in [2.75, 3.05) is 60.3 Å². The molecule has 0 saturated heterocycles. The highest BCUT2D eigenvalue weighted by Crippen LogP contribution is 2.52. The van der Waals surface area contributed by atoms with Gasteiger partial charge in [0, 0.05) is 42.5 Å². The van der Waals surface area contributed by atoms with Crippen molar-refractivity contribution in [3.05, 3.63) is 118 Å². The largest absolute Gasteiger partial charge is 0.493 e. The third-order valence-electron chi connectivity index (χ3n) is 11.1. The monoisotopic (exact) mass is 761 g/mol. The Morgan fingerprint density at radius 2 is 1.33 bits per heavy atom. The number of fused-ring (bicyclic) bond motifs is 2. The van der Waals surface area contributed by atoms with Crippen LogP contribution in [0.2, 0.25) is 0 Å². The van der Waals surface area contributed by atoms with Crippen LogP contribution in [0.1, 0.15) is 45.5 Å². The Bertz CT molecular complexity index is 2230. The summed E-state index contributed by atoms with van der Waals surface area (Å²) < 4.78 is 55.2. The zero-order valence-corrected chi connectivity index (χ0v) is 33.0. The molecule has 5 aromatic carbocycles. The molecule has 10 nitrogen and oxygen atoms in total. The molecule has 286 valence electrons. The highest BCUT2D eigenvalue weighted by Gasteiger charge is 2.35. The van der Waals surface area contributed by atoms with Gasteiger partial charge < -0.3 is 33.1 Å². The summed E-state index contributed by atoms with van der Waals surface area (Å²) in [4.78, 5) is 5.31. The van der Waals surface area contributed by atoms with Crippen LogP contribution in [-0.2, 0) is 36.7 Å². The molecule has 0 aliphatic carbocycles. The molecule has 0 aromatic heterocycles. The minimum Gasteiger partial charge on any atom is -0.493 e. The van der Waals surface area contributed by atoms with Gasteiger partial charge in [-0.05, 0) is 116 Å². The third-order valence-corrected chi connectivity index (χ3v) is 12.3. The fraction of sp³-hybridized carbons (Fsp3) is 0.318. The zero-order valence-electron chi connectivity index (χ0n) is 32.1. The Morgan fingerprint density at radius 3 is 2.04 bits per heavy atom. The van der Waals surface area contributed by atoms with Crippen LogP contribution in [0.5, 0.6) is 46.0 Å². The normalized spacial score (nSPS) is 18.4. The smallest absolute Gasteiger partial charge is 0.204 e. The van der Waals surface area contributed by atoms with Crippen molar-refractivity contribution >= 4 is 16.7 Å². The van der Waals surface area contributed by atoms with Gasteiger partial charge in [-0.2, -0.15) is 0 Å². The van der Waals surface area contributed by atoms with Crippen molar-refractivity contribution < 1.29 is 32.6 Å². The first-order valence-electron chi connectivity index (χ1n) is 18.6. The summed E-state index contributed by atoms with van der Waals surface area (Å²) in [6.45, 7) is 1.71. The molecule has 0 amide bonds. The van der Waals surface area contributed by atoms with Crippen LogP contribution in [0.25, 0.3) is 0 Å². The standard InChI is InChI=1S/C44H47N3O7S/c1-46-18-16-28-22-36(49-3)39-25-33(28)34(46)20-27-12-14-32(15-13-27)53-38-24-30(41(26-37(38)50-4)55(48)45-31-10-8-7-9-11-31)21-35-42-29(17-19-47(35)2)23-40(51-5)43(52-6)44(42)54-39/h7-15,22-26,34-35,45H,16-21H2,1-6H3/t34-,35-,55?/m0/s1. The molecule has 9 rings (SSSR count). The second-order valence-electron chi connectivity index (χ2n) is 14.3. The number of hydrogen-bond donors (Lipinski definition) is 1. The van der Waals surface area contributed by atoms with Crippen LogP contribution in [0.4, 0.5) is 5.69 Å². The van der Waals surface area contributed by atoms with Crippen LogP contribution in [-0.4, -0.2) is 69.6 Å². The van der Waals surface area contributed by atoms with Crippen LogP contribution in [0, 0.1) is 0 Å². The van der Waals surface area contributed by atoms with Gasteiger partial charge in [-0.1, -0.05) is 30.3 Å². The summed E-state index contributed by atoms with van der Waals surface area (Å²) in [6, 6.07) is 27.8. The minimum absolute atomic E-state index is 0.114. The van der Waals surface area contributed by atoms with Crippen molar-refractivity contribution in [2.24, 2.45) is 0 Å². The van der Waals surface area contributed by atoms with E-state index in [4.69, 9.17) is 28.4 Å². The zero-order chi connectivity index (χ0) is 38.2. The molecule has 0 saturated carbocycles. The highest BCUT2D eigenvalue weighted by molar-refractivity contribution is 7.86. The molecule has 6 bridgehead atoms. The Morgan fingerprint density at radius 1 is 0.673 bits per heavy atom. The Labute approximate surface area is 325 Å². The van der Waals surface area contributed by atoms with E-state index < -0.39 is 11.0 Å². The van der Waals surface area contributed by atoms with Gasteiger partial charge >= 0.3 is 0 Å². The predicted molar refractivity (Wildman–Crippen MR) is 214 cm³/mol. The summed E-state index contributed by atoms with van der Waals surface area (Å²) in [5, 5.41) is 0. The fourth-order valence-corrected chi connectivity index (χ4v) is 9.21. The maximum atomic E-state index is 14.3. The molecule has 5 aromatic rings. The minimum atomic E-state index is -1.64. The van der Waals surface area contributed by atoms with E-state index in [0.29, 0.717) is 57.3 Å². The molecule has 4 aliphatic heterocycles. The number of ether oxygens (including phenoxy) is 6. The molecule has 3 atom stereocenters. The lowest BCUT2D eigenvalue weighted by Crippen LogP contribution is -2.34. The lowest BCUT2D eigenvalue weighted by atomic mass is 9.87. The van der Waals surface area contributed by atoms with E-state index in [0.717, 1.165) is 54.7 Å². The van der Waals surface area contributed by atoms with Gasteiger partial charge in [-0.3, -0.25) is 9.80 Å². The van der Waals surface area contributed by atoms with Gasteiger partial charge in [0.15, 0.2) is 45.5 Å². The van der Waals surface area contributed by atoms with Crippen molar-refractivity contribution in [1.82, 2.24) is 9.80 Å². The van der Waals surface area contributed by atoms with Crippen LogP contribution in [0.3, 0.4) is 0 Å². The first-order valence-corrected chi connectivity index (χ1v) is 19.7. The van der Waals surface area contributed by atoms with E-state index in [2.05, 4.69) is 58.9 Å². The van der Waals surface area contributed by atoms with E-state index in [1.165, 1.54) is 16.7 Å². The van der Waals surface area contributed by atoms with Gasteiger partial charge in [0.25, 0.3) is 0 Å². The van der Waals surface area contributed by atoms with Crippen molar-refractivity contribution in [3.8, 4) is 46.0 Å². The summed E-state index contributed by atoms with van der Waals surface area (Å²) in [5.74, 6) is 4.61. The quantitative estimate of drug-likeness (QED) is 0.176. The molecule has 0 spiro atoms. The SMILES string of the molecule is COc1cc(S(=O)Nc2ccccc2)c2cc1Oc1ccc(cc1)C[C@H]1c3cc(c(OC)cc3CCN1C)Oc1c(OC)c(OC)cc3c1[C@H](C2)N(C)CC3. The average molecular weight is 762 g/mol. The van der Waals surface area contributed by atoms with Gasteiger partial charge in [0.1, 0.15) is 5.75 Å². The second-order valence-corrected chi connectivity index (χ2v) is 15.5. The summed E-state index contributed by atoms with van der Waals surface area (Å²) >= 11 is 0. The van der Waals surface area contributed by atoms with E-state index in [1.807, 2.05) is 54.6 Å². The van der Waals surface area contributed by atoms with Gasteiger partial charge in [0.2, 0.25) is 5.75 Å². The topological polar surface area (TPSA) is 91.0 Å². The molecular formula is C44H47N3O7S. The maximum Gasteiger partial charge on any atom is 0.204 e. The number of anilines is 1. The fourth-order valence-electron chi connectivity index (χ4n) is 8.16. The van der Waals surface area contributed by atoms with Crippen molar-refractivity contribution in [1.29, 1.82) is 0 Å². The summed E-state index contributed by atoms with van der Waals surface area (Å²) in [7, 11) is 9.23. The van der Waals surface area contributed by atoms with E-state index >= 15 is 0 Å². The molecule has 1 unspecified atom stereocenters. The molecule has 55 heavy (non-hydrogen) atoms. The number of likely N-dealkylation sites (N-methyl/N-ethyl adjacent to an activating group) is 2. The summed E-state index contributed by atoms with van der Waals surface area (Å²) in [6.07, 6.45) is 2.94. The van der Waals surface area contributed by atoms with Crippen molar-refractivity contribution in [3.63, 3.8) is 0 Å². The van der Waals surface area contributed by atoms with Gasteiger partial charge in [-0.15, -0.1) is 0 Å². The Hall–Kier alpha value is -5.23. The lowest BCUT2D eigenvalue weighted by molar-refractivity contribution is 0.219. The number of hydrogen-bond acceptors (Lipinski definition) is 9. The average Bonchev–Trinajstić information content (AvgIpc) is 3.20. The van der Waals surface area contributed by atoms with Crippen LogP contribution >= 0.6 is 0 Å². The maximum absolute atomic E-state index is 14.3. The number of methoxy groups -OCH3 is 4. The van der Waals surface area contributed by atoms with E-state index in [9.17, 15) is 4.21 Å². The molecule has 4 aliphatic rings. The number of para-hydroxylation sites is 1. The van der Waals surface area contributed by atoms with Gasteiger partial charge in [0.05, 0.1) is 33.3 Å². The molecular weight excluding hydrogens is 715 g/mol. The lowest BCUT2D eigenvalue weighted by Gasteiger charge is -2.37. The van der Waals surface area contributed by atoms with E-state index in [-0.39, 0.29) is 12.1 Å². The first kappa shape index (κ1) is 36.7. The molecule has 11 heteroatoms. The van der Waals surface area contributed by atoms with Gasteiger partial charge in [-0.25, -0.2) is 4.21 Å². The number of nitrogens with one attached hydrogen (secondary N) is 1. The number of rotatable bonds is 7. The molecule has 1 N–H and O–H groups in total. The Balaban J connectivity index is 1.36. The molecule has 4 heterocycles. The third kappa shape index (κ3) is 7.08. The Kier molecular flexibility index (Phi) is 10.3. The van der Waals surface area contributed by atoms with Crippen molar-refractivity contribution in [2.45, 2.75) is 42.7 Å². The number of benzene rings is 5. The summed E-state index contributed by atoms with van der Waals surface area (Å²) in [5.41, 5.74) is 7.26. The number of nitrogens with zero attached hydrogens (tertiary/aromatic N) is 2. The highest BCUT2D eigenvalue weighted by atomic mass is 32.2. The molecule has 0 fully saturated rings. The second kappa shape index (κ2) is 15.5.